The van der Waals surface area contributed by atoms with Crippen LogP contribution in [0, 0.1) is 0 Å². The summed E-state index contributed by atoms with van der Waals surface area (Å²) >= 11 is 0. The summed E-state index contributed by atoms with van der Waals surface area (Å²) in [5.41, 5.74) is 6.10. The first-order valence-electron chi connectivity index (χ1n) is 8.67. The van der Waals surface area contributed by atoms with Crippen LogP contribution in [0.25, 0.3) is 22.3 Å². The van der Waals surface area contributed by atoms with Gasteiger partial charge in [-0.2, -0.15) is 0 Å². The largest absolute Gasteiger partial charge is 0.497 e. The van der Waals surface area contributed by atoms with Crippen molar-refractivity contribution in [2.75, 3.05) is 14.2 Å². The van der Waals surface area contributed by atoms with Crippen LogP contribution >= 0.6 is 0 Å². The normalized spacial score (nSPS) is 10.5. The molecule has 2 heteroatoms. The van der Waals surface area contributed by atoms with E-state index in [1.165, 1.54) is 27.8 Å². The summed E-state index contributed by atoms with van der Waals surface area (Å²) in [6.45, 7) is 2.19. The van der Waals surface area contributed by atoms with Crippen LogP contribution in [-0.4, -0.2) is 14.2 Å². The smallest absolute Gasteiger partial charge is 0.122 e. The van der Waals surface area contributed by atoms with E-state index in [2.05, 4.69) is 61.5 Å². The second-order valence-electron chi connectivity index (χ2n) is 6.08. The van der Waals surface area contributed by atoms with Gasteiger partial charge in [-0.05, 0) is 58.5 Å². The van der Waals surface area contributed by atoms with Gasteiger partial charge in [0, 0.05) is 0 Å². The van der Waals surface area contributed by atoms with Crippen molar-refractivity contribution in [2.45, 2.75) is 19.8 Å². The lowest BCUT2D eigenvalue weighted by Gasteiger charge is -2.11. The minimum atomic E-state index is 0.877. The van der Waals surface area contributed by atoms with E-state index in [0.717, 1.165) is 24.3 Å². The topological polar surface area (TPSA) is 18.5 Å². The fourth-order valence-corrected chi connectivity index (χ4v) is 3.06. The summed E-state index contributed by atoms with van der Waals surface area (Å²) in [7, 11) is 3.42. The second kappa shape index (κ2) is 7.89. The van der Waals surface area contributed by atoms with Gasteiger partial charge in [0.2, 0.25) is 0 Å². The van der Waals surface area contributed by atoms with Crippen LogP contribution in [-0.2, 0) is 6.42 Å². The van der Waals surface area contributed by atoms with Crippen molar-refractivity contribution in [2.24, 2.45) is 0 Å². The third-order valence-corrected chi connectivity index (χ3v) is 4.44. The van der Waals surface area contributed by atoms with Crippen LogP contribution in [0.2, 0.25) is 0 Å². The van der Waals surface area contributed by atoms with Gasteiger partial charge in [-0.3, -0.25) is 0 Å². The average molecular weight is 332 g/mol. The summed E-state index contributed by atoms with van der Waals surface area (Å²) < 4.78 is 10.7. The van der Waals surface area contributed by atoms with Gasteiger partial charge in [-0.15, -0.1) is 0 Å². The number of hydrogen-bond donors (Lipinski definition) is 0. The van der Waals surface area contributed by atoms with E-state index in [1.54, 1.807) is 14.2 Å². The molecule has 0 bridgehead atoms. The molecule has 0 N–H and O–H groups in total. The van der Waals surface area contributed by atoms with Gasteiger partial charge in [0.05, 0.1) is 14.2 Å². The fraction of sp³-hybridized carbons (Fsp3) is 0.217. The molecule has 0 atom stereocenters. The van der Waals surface area contributed by atoms with Crippen molar-refractivity contribution in [3.05, 3.63) is 72.3 Å². The van der Waals surface area contributed by atoms with E-state index >= 15 is 0 Å². The molecule has 2 nitrogen and oxygen atoms in total. The number of ether oxygens (including phenoxy) is 2. The van der Waals surface area contributed by atoms with Crippen molar-refractivity contribution < 1.29 is 9.47 Å². The minimum Gasteiger partial charge on any atom is -0.497 e. The molecular formula is C23H24O2. The third-order valence-electron chi connectivity index (χ3n) is 4.44. The molecule has 0 aliphatic rings. The Labute approximate surface area is 150 Å². The molecule has 0 saturated heterocycles. The number of methoxy groups -OCH3 is 2. The van der Waals surface area contributed by atoms with Gasteiger partial charge in [0.1, 0.15) is 11.5 Å². The summed E-state index contributed by atoms with van der Waals surface area (Å²) in [6.07, 6.45) is 2.14. The van der Waals surface area contributed by atoms with Crippen molar-refractivity contribution in [3.8, 4) is 33.8 Å². The van der Waals surface area contributed by atoms with Gasteiger partial charge >= 0.3 is 0 Å². The maximum atomic E-state index is 5.47. The fourth-order valence-electron chi connectivity index (χ4n) is 3.06. The molecule has 3 aromatic carbocycles. The van der Waals surface area contributed by atoms with E-state index in [-0.39, 0.29) is 0 Å². The van der Waals surface area contributed by atoms with E-state index < -0.39 is 0 Å². The quantitative estimate of drug-likeness (QED) is 0.552. The van der Waals surface area contributed by atoms with E-state index in [1.807, 2.05) is 12.1 Å². The predicted molar refractivity (Wildman–Crippen MR) is 104 cm³/mol. The molecule has 3 aromatic rings. The van der Waals surface area contributed by atoms with Crippen LogP contribution in [0.15, 0.2) is 66.7 Å². The molecule has 0 unspecified atom stereocenters. The molecule has 128 valence electrons. The van der Waals surface area contributed by atoms with Gasteiger partial charge in [-0.1, -0.05) is 55.8 Å². The summed E-state index contributed by atoms with van der Waals surface area (Å²) in [6, 6.07) is 23.3. The molecule has 0 amide bonds. The summed E-state index contributed by atoms with van der Waals surface area (Å²) in [5.74, 6) is 1.85. The van der Waals surface area contributed by atoms with Gasteiger partial charge < -0.3 is 9.47 Å². The molecule has 0 saturated carbocycles. The zero-order chi connectivity index (χ0) is 17.6. The SMILES string of the molecule is CCCc1cc(-c2ccc(-c3ccc(OC)cc3)cc2)ccc1OC. The molecule has 3 rings (SSSR count). The van der Waals surface area contributed by atoms with Crippen LogP contribution in [0.4, 0.5) is 0 Å². The van der Waals surface area contributed by atoms with Gasteiger partial charge in [0.25, 0.3) is 0 Å². The highest BCUT2D eigenvalue weighted by Gasteiger charge is 2.06. The minimum absolute atomic E-state index is 0.877. The van der Waals surface area contributed by atoms with Gasteiger partial charge in [-0.25, -0.2) is 0 Å². The van der Waals surface area contributed by atoms with E-state index in [4.69, 9.17) is 9.47 Å². The first-order valence-corrected chi connectivity index (χ1v) is 8.67. The number of hydrogen-bond acceptors (Lipinski definition) is 2. The molecular weight excluding hydrogens is 308 g/mol. The lowest BCUT2D eigenvalue weighted by molar-refractivity contribution is 0.409. The monoisotopic (exact) mass is 332 g/mol. The Morgan fingerprint density at radius 2 is 1.16 bits per heavy atom. The molecule has 0 aromatic heterocycles. The second-order valence-corrected chi connectivity index (χ2v) is 6.08. The van der Waals surface area contributed by atoms with Crippen LogP contribution in [0.3, 0.4) is 0 Å². The zero-order valence-electron chi connectivity index (χ0n) is 15.1. The molecule has 0 heterocycles. The molecule has 25 heavy (non-hydrogen) atoms. The van der Waals surface area contributed by atoms with Crippen molar-refractivity contribution in [1.29, 1.82) is 0 Å². The van der Waals surface area contributed by atoms with Crippen molar-refractivity contribution >= 4 is 0 Å². The highest BCUT2D eigenvalue weighted by Crippen LogP contribution is 2.30. The molecule has 0 aliphatic carbocycles. The number of aryl methyl sites for hydroxylation is 1. The first-order chi connectivity index (χ1) is 12.2. The summed E-state index contributed by atoms with van der Waals surface area (Å²) in [4.78, 5) is 0. The van der Waals surface area contributed by atoms with Crippen molar-refractivity contribution in [1.82, 2.24) is 0 Å². The number of rotatable bonds is 6. The lowest BCUT2D eigenvalue weighted by Crippen LogP contribution is -1.92. The zero-order valence-corrected chi connectivity index (χ0v) is 15.1. The Balaban J connectivity index is 1.87. The maximum absolute atomic E-state index is 5.47. The van der Waals surface area contributed by atoms with Crippen LogP contribution in [0.1, 0.15) is 18.9 Å². The number of benzene rings is 3. The average Bonchev–Trinajstić information content (AvgIpc) is 2.68. The van der Waals surface area contributed by atoms with Crippen molar-refractivity contribution in [3.63, 3.8) is 0 Å². The van der Waals surface area contributed by atoms with Crippen LogP contribution in [0.5, 0.6) is 11.5 Å². The first kappa shape index (κ1) is 17.1. The predicted octanol–water partition coefficient (Wildman–Crippen LogP) is 5.99. The summed E-state index contributed by atoms with van der Waals surface area (Å²) in [5, 5.41) is 0. The molecule has 0 aliphatic heterocycles. The highest BCUT2D eigenvalue weighted by atomic mass is 16.5. The molecule has 0 spiro atoms. The van der Waals surface area contributed by atoms with E-state index in [9.17, 15) is 0 Å². The Bertz CT molecular complexity index is 818. The maximum Gasteiger partial charge on any atom is 0.122 e. The Morgan fingerprint density at radius 1 is 0.640 bits per heavy atom. The Kier molecular flexibility index (Phi) is 5.39. The molecule has 0 fully saturated rings. The Hall–Kier alpha value is -2.74. The highest BCUT2D eigenvalue weighted by molar-refractivity contribution is 5.71. The van der Waals surface area contributed by atoms with Crippen LogP contribution < -0.4 is 9.47 Å². The van der Waals surface area contributed by atoms with E-state index in [0.29, 0.717) is 0 Å². The third kappa shape index (κ3) is 3.85. The Morgan fingerprint density at radius 3 is 1.68 bits per heavy atom. The molecule has 0 radical (unpaired) electrons. The lowest BCUT2D eigenvalue weighted by atomic mass is 9.97. The standard InChI is InChI=1S/C23H24O2/c1-4-5-21-16-20(12-15-23(21)25-3)19-8-6-17(7-9-19)18-10-13-22(24-2)14-11-18/h6-16H,4-5H2,1-3H3. The van der Waals surface area contributed by atoms with Gasteiger partial charge in [0.15, 0.2) is 0 Å².